The van der Waals surface area contributed by atoms with Crippen LogP contribution in [0.4, 0.5) is 0 Å². The molecule has 0 amide bonds. The number of methoxy groups -OCH3 is 1. The van der Waals surface area contributed by atoms with Gasteiger partial charge in [-0.25, -0.2) is 9.48 Å². The van der Waals surface area contributed by atoms with Crippen LogP contribution in [0.5, 0.6) is 0 Å². The number of ether oxygens (including phenoxy) is 2. The fourth-order valence-corrected chi connectivity index (χ4v) is 5.61. The maximum atomic E-state index is 11.7. The van der Waals surface area contributed by atoms with Gasteiger partial charge in [-0.1, -0.05) is 47.1 Å². The molecule has 2 aromatic heterocycles. The van der Waals surface area contributed by atoms with Gasteiger partial charge in [-0.3, -0.25) is 0 Å². The molecule has 4 aromatic rings. The minimum atomic E-state index is -1.49. The molecule has 0 unspecified atom stereocenters. The molecule has 1 saturated carbocycles. The average molecular weight is 553 g/mol. The summed E-state index contributed by atoms with van der Waals surface area (Å²) in [6.07, 6.45) is 0.0535. The van der Waals surface area contributed by atoms with Crippen molar-refractivity contribution in [2.45, 2.75) is 62.4 Å². The van der Waals surface area contributed by atoms with Crippen molar-refractivity contribution in [1.82, 2.24) is 19.6 Å². The molecule has 39 heavy (non-hydrogen) atoms. The Bertz CT molecular complexity index is 1500. The van der Waals surface area contributed by atoms with Crippen molar-refractivity contribution >= 4 is 28.5 Å². The predicted molar refractivity (Wildman–Crippen MR) is 141 cm³/mol. The van der Waals surface area contributed by atoms with Crippen molar-refractivity contribution in [2.24, 2.45) is 0 Å². The number of benzene rings is 2. The molecular weight excluding hydrogens is 524 g/mol. The predicted octanol–water partition coefficient (Wildman–Crippen LogP) is 2.82. The normalized spacial score (nSPS) is 25.2. The molecule has 0 bridgehead atoms. The first-order valence-corrected chi connectivity index (χ1v) is 13.3. The monoisotopic (exact) mass is 552 g/mol. The van der Waals surface area contributed by atoms with Crippen molar-refractivity contribution in [3.05, 3.63) is 82.3 Å². The Kier molecular flexibility index (Phi) is 6.90. The molecule has 10 nitrogen and oxygen atoms in total. The van der Waals surface area contributed by atoms with E-state index >= 15 is 0 Å². The van der Waals surface area contributed by atoms with Gasteiger partial charge in [-0.15, -0.1) is 5.10 Å². The summed E-state index contributed by atoms with van der Waals surface area (Å²) in [7, 11) is 1.24. The summed E-state index contributed by atoms with van der Waals surface area (Å²) >= 11 is 6.66. The molecule has 0 radical (unpaired) electrons. The zero-order chi connectivity index (χ0) is 27.3. The molecule has 3 heterocycles. The number of carbonyl (C=O) groups is 1. The van der Waals surface area contributed by atoms with Crippen LogP contribution in [0.25, 0.3) is 10.9 Å². The van der Waals surface area contributed by atoms with Crippen LogP contribution in [-0.4, -0.2) is 72.4 Å². The van der Waals surface area contributed by atoms with Crippen LogP contribution in [0.3, 0.4) is 0 Å². The fourth-order valence-electron chi connectivity index (χ4n) is 5.32. The van der Waals surface area contributed by atoms with Crippen LogP contribution < -0.4 is 0 Å². The Labute approximate surface area is 229 Å². The summed E-state index contributed by atoms with van der Waals surface area (Å²) in [6.45, 7) is -0.0222. The third-order valence-corrected chi connectivity index (χ3v) is 7.89. The number of aliphatic hydroxyl groups is 3. The maximum Gasteiger partial charge on any atom is 0.360 e. The van der Waals surface area contributed by atoms with E-state index in [0.717, 1.165) is 22.0 Å². The second kappa shape index (κ2) is 10.4. The highest BCUT2D eigenvalue weighted by molar-refractivity contribution is 6.35. The molecule has 2 aromatic carbocycles. The van der Waals surface area contributed by atoms with Crippen LogP contribution >= 0.6 is 11.6 Å². The van der Waals surface area contributed by atoms with E-state index in [1.165, 1.54) is 36.4 Å². The van der Waals surface area contributed by atoms with Crippen LogP contribution in [0.15, 0.2) is 54.9 Å². The second-order valence-electron chi connectivity index (χ2n) is 10.2. The van der Waals surface area contributed by atoms with E-state index in [9.17, 15) is 20.1 Å². The van der Waals surface area contributed by atoms with E-state index in [0.29, 0.717) is 17.4 Å². The number of aliphatic hydroxyl groups excluding tert-OH is 3. The van der Waals surface area contributed by atoms with E-state index in [1.807, 2.05) is 24.4 Å². The number of hydrogen-bond donors (Lipinski definition) is 3. The van der Waals surface area contributed by atoms with Gasteiger partial charge in [0.25, 0.3) is 0 Å². The zero-order valence-corrected chi connectivity index (χ0v) is 22.0. The average Bonchev–Trinajstić information content (AvgIpc) is 3.58. The molecular formula is C28H29ClN4O6. The van der Waals surface area contributed by atoms with Gasteiger partial charge in [0.05, 0.1) is 30.4 Å². The van der Waals surface area contributed by atoms with Gasteiger partial charge in [-0.05, 0) is 54.0 Å². The SMILES string of the molecule is COC(=O)c1cn(C[C@H]2O[C@@H](n3cc(Cc4ccc(C5CC5)cc4)c4c(Cl)cccc43)[C@H](O)[C@@H](O)[C@@H]2O)nn1. The second-order valence-corrected chi connectivity index (χ2v) is 10.6. The molecule has 11 heteroatoms. The summed E-state index contributed by atoms with van der Waals surface area (Å²) in [6, 6.07) is 14.1. The number of hydrogen-bond acceptors (Lipinski definition) is 8. The van der Waals surface area contributed by atoms with E-state index in [1.54, 1.807) is 4.57 Å². The topological polar surface area (TPSA) is 132 Å². The lowest BCUT2D eigenvalue weighted by Gasteiger charge is -2.41. The Morgan fingerprint density at radius 2 is 1.85 bits per heavy atom. The summed E-state index contributed by atoms with van der Waals surface area (Å²) in [4.78, 5) is 11.7. The first kappa shape index (κ1) is 26.0. The molecule has 5 atom stereocenters. The van der Waals surface area contributed by atoms with E-state index in [4.69, 9.17) is 16.3 Å². The number of rotatable bonds is 7. The van der Waals surface area contributed by atoms with E-state index < -0.39 is 36.6 Å². The van der Waals surface area contributed by atoms with Gasteiger partial charge < -0.3 is 29.4 Å². The lowest BCUT2D eigenvalue weighted by molar-refractivity contribution is -0.247. The van der Waals surface area contributed by atoms with Crippen molar-refractivity contribution in [3.63, 3.8) is 0 Å². The van der Waals surface area contributed by atoms with Crippen LogP contribution in [0.1, 0.15) is 52.2 Å². The minimum absolute atomic E-state index is 0.000726. The third kappa shape index (κ3) is 4.94. The van der Waals surface area contributed by atoms with Gasteiger partial charge in [0.2, 0.25) is 0 Å². The summed E-state index contributed by atoms with van der Waals surface area (Å²) in [5.74, 6) is 0.0322. The summed E-state index contributed by atoms with van der Waals surface area (Å²) in [5, 5.41) is 41.5. The van der Waals surface area contributed by atoms with Crippen LogP contribution in [0, 0.1) is 0 Å². The highest BCUT2D eigenvalue weighted by Gasteiger charge is 2.45. The molecule has 3 N–H and O–H groups in total. The minimum Gasteiger partial charge on any atom is -0.464 e. The van der Waals surface area contributed by atoms with Gasteiger partial charge in [0.15, 0.2) is 11.9 Å². The van der Waals surface area contributed by atoms with Crippen molar-refractivity contribution in [1.29, 1.82) is 0 Å². The van der Waals surface area contributed by atoms with Crippen molar-refractivity contribution < 1.29 is 29.6 Å². The first-order valence-electron chi connectivity index (χ1n) is 12.9. The molecule has 2 aliphatic rings. The standard InChI is InChI=1S/C28H29ClN4O6/c1-38-28(37)20-13-32(31-30-20)14-22-24(34)25(35)26(36)27(39-22)33-12-18(23-19(29)3-2-4-21(23)33)11-15-5-7-16(8-6-15)17-9-10-17/h2-8,12-13,17,22,24-27,34-36H,9-11,14H2,1H3/t22-,24-,25+,26-,27-/m1/s1. The van der Waals surface area contributed by atoms with E-state index in [2.05, 4.69) is 39.3 Å². The highest BCUT2D eigenvalue weighted by Crippen LogP contribution is 2.40. The summed E-state index contributed by atoms with van der Waals surface area (Å²) in [5.41, 5.74) is 4.17. The molecule has 0 spiro atoms. The Morgan fingerprint density at radius 3 is 2.56 bits per heavy atom. The van der Waals surface area contributed by atoms with Gasteiger partial charge >= 0.3 is 5.97 Å². The molecule has 1 aliphatic carbocycles. The lowest BCUT2D eigenvalue weighted by atomic mass is 9.97. The number of halogens is 1. The number of nitrogens with zero attached hydrogens (tertiary/aromatic N) is 4. The number of esters is 1. The smallest absolute Gasteiger partial charge is 0.360 e. The van der Waals surface area contributed by atoms with Gasteiger partial charge in [-0.2, -0.15) is 0 Å². The highest BCUT2D eigenvalue weighted by atomic mass is 35.5. The molecule has 6 rings (SSSR count). The van der Waals surface area contributed by atoms with Gasteiger partial charge in [0, 0.05) is 11.6 Å². The number of aromatic nitrogens is 4. The molecule has 2 fully saturated rings. The largest absolute Gasteiger partial charge is 0.464 e. The number of fused-ring (bicyclic) bond motifs is 1. The third-order valence-electron chi connectivity index (χ3n) is 7.57. The quantitative estimate of drug-likeness (QED) is 0.298. The zero-order valence-electron chi connectivity index (χ0n) is 21.2. The summed E-state index contributed by atoms with van der Waals surface area (Å²) < 4.78 is 13.9. The maximum absolute atomic E-state index is 11.7. The fraction of sp³-hybridized carbons (Fsp3) is 0.393. The van der Waals surface area contributed by atoms with Crippen LogP contribution in [0.2, 0.25) is 5.02 Å². The van der Waals surface area contributed by atoms with E-state index in [-0.39, 0.29) is 12.2 Å². The Balaban J connectivity index is 1.31. The van der Waals surface area contributed by atoms with Crippen LogP contribution in [-0.2, 0) is 22.4 Å². The Morgan fingerprint density at radius 1 is 1.08 bits per heavy atom. The van der Waals surface area contributed by atoms with Crippen molar-refractivity contribution in [3.8, 4) is 0 Å². The Hall–Kier alpha value is -3.28. The van der Waals surface area contributed by atoms with Crippen molar-refractivity contribution in [2.75, 3.05) is 7.11 Å². The molecule has 204 valence electrons. The first-order chi connectivity index (χ1) is 18.8. The molecule has 1 saturated heterocycles. The molecule has 1 aliphatic heterocycles. The lowest BCUT2D eigenvalue weighted by Crippen LogP contribution is -2.56. The van der Waals surface area contributed by atoms with Gasteiger partial charge in [0.1, 0.15) is 24.4 Å². The number of carbonyl (C=O) groups excluding carboxylic acids is 1.